The minimum atomic E-state index is -4.71. The molecule has 0 radical (unpaired) electrons. The van der Waals surface area contributed by atoms with Gasteiger partial charge in [-0.05, 0) is 109 Å². The van der Waals surface area contributed by atoms with Crippen LogP contribution in [-0.2, 0) is 27.9 Å². The Morgan fingerprint density at radius 1 is 0.438 bits per heavy atom. The number of ether oxygens (including phenoxy) is 1. The molecule has 0 bridgehead atoms. The second-order valence-electron chi connectivity index (χ2n) is 23.6. The molecule has 80 heavy (non-hydrogen) atoms. The number of quaternary nitrogens is 1. The van der Waals surface area contributed by atoms with Gasteiger partial charge in [0, 0.05) is 12.8 Å². The Hall–Kier alpha value is -2.81. The second-order valence-corrected chi connectivity index (χ2v) is 25.0. The fourth-order valence-electron chi connectivity index (χ4n) is 9.36. The minimum absolute atomic E-state index is 0.0291. The monoisotopic (exact) mass is 1140 g/mol. The quantitative estimate of drug-likeness (QED) is 0.0212. The summed E-state index contributed by atoms with van der Waals surface area (Å²) in [5.41, 5.74) is 0. The van der Waals surface area contributed by atoms with E-state index in [0.29, 0.717) is 23.9 Å². The number of nitrogens with one attached hydrogen (secondary N) is 1. The first kappa shape index (κ1) is 77.2. The van der Waals surface area contributed by atoms with E-state index in [9.17, 15) is 19.0 Å². The van der Waals surface area contributed by atoms with E-state index < -0.39 is 26.6 Å². The van der Waals surface area contributed by atoms with E-state index in [1.807, 2.05) is 33.3 Å². The topological polar surface area (TPSA) is 114 Å². The molecule has 0 rings (SSSR count). The third-order valence-corrected chi connectivity index (χ3v) is 15.5. The zero-order valence-electron chi connectivity index (χ0n) is 53.0. The van der Waals surface area contributed by atoms with Gasteiger partial charge in [0.25, 0.3) is 7.82 Å². The minimum Gasteiger partial charge on any atom is -0.756 e. The number of phosphoric ester groups is 1. The van der Waals surface area contributed by atoms with Crippen molar-refractivity contribution in [3.63, 3.8) is 0 Å². The SMILES string of the molecule is CCCCC/C=C\C/C=C\C/C=C\CCCCCCCCCCCCCCC(=O)NC(COP(=O)([O-])OCC[N+](C)(C)C)C(/C=C\CCCCCCCCCCCC)OC(=O)CCCCCC/C=C\C/C=C\C/C=C\CCCCC. The Morgan fingerprint density at radius 2 is 0.762 bits per heavy atom. The number of carbonyl (C=O) groups excluding carboxylic acids is 2. The van der Waals surface area contributed by atoms with Crippen LogP contribution in [0.5, 0.6) is 0 Å². The van der Waals surface area contributed by atoms with Crippen molar-refractivity contribution >= 4 is 19.7 Å². The zero-order chi connectivity index (χ0) is 58.6. The molecule has 1 N–H and O–H groups in total. The molecule has 3 atom stereocenters. The molecule has 9 nitrogen and oxygen atoms in total. The van der Waals surface area contributed by atoms with Crippen LogP contribution in [-0.4, -0.2) is 69.4 Å². The van der Waals surface area contributed by atoms with Crippen LogP contribution in [0.1, 0.15) is 297 Å². The van der Waals surface area contributed by atoms with Gasteiger partial charge in [0.15, 0.2) is 0 Å². The largest absolute Gasteiger partial charge is 0.756 e. The number of allylic oxidation sites excluding steroid dienone is 13. The van der Waals surface area contributed by atoms with Crippen molar-refractivity contribution in [2.75, 3.05) is 40.9 Å². The van der Waals surface area contributed by atoms with Crippen LogP contribution in [0.4, 0.5) is 0 Å². The number of rotatable bonds is 60. The van der Waals surface area contributed by atoms with E-state index in [4.69, 9.17) is 13.8 Å². The lowest BCUT2D eigenvalue weighted by atomic mass is 10.0. The molecule has 464 valence electrons. The molecule has 10 heteroatoms. The summed E-state index contributed by atoms with van der Waals surface area (Å²) in [7, 11) is 1.17. The average Bonchev–Trinajstić information content (AvgIpc) is 3.42. The Balaban J connectivity index is 5.15. The van der Waals surface area contributed by atoms with Crippen molar-refractivity contribution < 1.29 is 37.3 Å². The van der Waals surface area contributed by atoms with Gasteiger partial charge in [0.1, 0.15) is 19.3 Å². The lowest BCUT2D eigenvalue weighted by Gasteiger charge is -2.30. The van der Waals surface area contributed by atoms with E-state index >= 15 is 0 Å². The number of amides is 1. The molecule has 0 aliphatic carbocycles. The van der Waals surface area contributed by atoms with Crippen molar-refractivity contribution in [3.05, 3.63) is 85.1 Å². The van der Waals surface area contributed by atoms with Gasteiger partial charge < -0.3 is 28.5 Å². The van der Waals surface area contributed by atoms with E-state index in [2.05, 4.69) is 99.0 Å². The van der Waals surface area contributed by atoms with Crippen molar-refractivity contribution in [2.24, 2.45) is 0 Å². The van der Waals surface area contributed by atoms with Crippen molar-refractivity contribution in [1.82, 2.24) is 5.32 Å². The van der Waals surface area contributed by atoms with Gasteiger partial charge in [-0.3, -0.25) is 14.2 Å². The van der Waals surface area contributed by atoms with Crippen molar-refractivity contribution in [1.29, 1.82) is 0 Å². The molecule has 0 saturated carbocycles. The molecule has 0 aliphatic rings. The molecule has 3 unspecified atom stereocenters. The lowest BCUT2D eigenvalue weighted by Crippen LogP contribution is -2.47. The number of nitrogens with zero attached hydrogens (tertiary/aromatic N) is 1. The Bertz CT molecular complexity index is 1640. The van der Waals surface area contributed by atoms with Crippen molar-refractivity contribution in [3.8, 4) is 0 Å². The fourth-order valence-corrected chi connectivity index (χ4v) is 10.1. The van der Waals surface area contributed by atoms with E-state index in [1.165, 1.54) is 161 Å². The fraction of sp³-hybridized carbons (Fsp3) is 0.771. The normalized spacial score (nSPS) is 14.1. The molecule has 0 aromatic heterocycles. The highest BCUT2D eigenvalue weighted by atomic mass is 31.2. The third-order valence-electron chi connectivity index (χ3n) is 14.5. The summed E-state index contributed by atoms with van der Waals surface area (Å²) in [4.78, 5) is 40.1. The second kappa shape index (κ2) is 59.4. The Morgan fingerprint density at radius 3 is 1.16 bits per heavy atom. The summed E-state index contributed by atoms with van der Waals surface area (Å²) in [5, 5.41) is 3.03. The summed E-state index contributed by atoms with van der Waals surface area (Å²) in [5.74, 6) is -0.565. The number of esters is 1. The molecule has 0 heterocycles. The smallest absolute Gasteiger partial charge is 0.306 e. The van der Waals surface area contributed by atoms with Gasteiger partial charge in [0.2, 0.25) is 5.91 Å². The van der Waals surface area contributed by atoms with E-state index in [1.54, 1.807) is 0 Å². The van der Waals surface area contributed by atoms with Gasteiger partial charge in [0.05, 0.1) is 33.8 Å². The summed E-state index contributed by atoms with van der Waals surface area (Å²) in [6.45, 7) is 6.78. The number of hydrogen-bond donors (Lipinski definition) is 1. The maximum atomic E-state index is 13.6. The van der Waals surface area contributed by atoms with Gasteiger partial charge in [-0.15, -0.1) is 0 Å². The molecule has 0 aromatic carbocycles. The maximum absolute atomic E-state index is 13.6. The van der Waals surface area contributed by atoms with Crippen LogP contribution >= 0.6 is 7.82 Å². The maximum Gasteiger partial charge on any atom is 0.306 e. The van der Waals surface area contributed by atoms with Crippen LogP contribution in [0, 0.1) is 0 Å². The first-order valence-electron chi connectivity index (χ1n) is 33.4. The average molecular weight is 1140 g/mol. The van der Waals surface area contributed by atoms with Crippen LogP contribution in [0.3, 0.4) is 0 Å². The molecular weight excluding hydrogens is 1010 g/mol. The summed E-state index contributed by atoms with van der Waals surface area (Å²) in [6.07, 6.45) is 78.4. The van der Waals surface area contributed by atoms with E-state index in [0.717, 1.165) is 96.3 Å². The third kappa shape index (κ3) is 59.8. The van der Waals surface area contributed by atoms with Crippen LogP contribution in [0.15, 0.2) is 85.1 Å². The Kier molecular flexibility index (Phi) is 57.3. The highest BCUT2D eigenvalue weighted by molar-refractivity contribution is 7.45. The van der Waals surface area contributed by atoms with Crippen LogP contribution in [0.25, 0.3) is 0 Å². The number of hydrogen-bond acceptors (Lipinski definition) is 7. The first-order valence-corrected chi connectivity index (χ1v) is 34.9. The van der Waals surface area contributed by atoms with Gasteiger partial charge >= 0.3 is 5.97 Å². The number of phosphoric acid groups is 1. The molecule has 1 amide bonds. The van der Waals surface area contributed by atoms with Gasteiger partial charge in [-0.2, -0.15) is 0 Å². The molecule has 0 fully saturated rings. The van der Waals surface area contributed by atoms with Gasteiger partial charge in [-0.25, -0.2) is 0 Å². The number of likely N-dealkylation sites (N-methyl/N-ethyl adjacent to an activating group) is 1. The Labute approximate surface area is 495 Å². The summed E-state index contributed by atoms with van der Waals surface area (Å²) >= 11 is 0. The highest BCUT2D eigenvalue weighted by Gasteiger charge is 2.27. The molecule has 0 saturated heterocycles. The molecule has 0 aliphatic heterocycles. The van der Waals surface area contributed by atoms with E-state index in [-0.39, 0.29) is 24.9 Å². The number of carbonyl (C=O) groups is 2. The predicted molar refractivity (Wildman–Crippen MR) is 344 cm³/mol. The molecule has 0 aromatic rings. The highest BCUT2D eigenvalue weighted by Crippen LogP contribution is 2.38. The van der Waals surface area contributed by atoms with Crippen LogP contribution in [0.2, 0.25) is 0 Å². The summed E-state index contributed by atoms with van der Waals surface area (Å²) < 4.78 is 30.4. The standard InChI is InChI=1S/C70H127N2O7P/c1-7-10-13-16-19-22-25-28-30-32-33-34-35-36-37-38-39-41-42-44-47-50-53-56-59-62-69(73)71-67(66-78-80(75,76)77-65-64-72(4,5)6)68(61-58-55-52-49-46-27-24-21-18-15-12-9-3)79-70(74)63-60-57-54-51-48-45-43-40-31-29-26-23-20-17-14-11-8-2/h19-20,22-23,28-31,33-34,43,45,58,61,67-68H,7-18,21,24-27,32,35-42,44,46-57,59-60,62-66H2,1-6H3,(H-,71,73,75,76)/b22-19-,23-20-,30-28-,31-29-,34-33-,45-43-,61-58-. The number of unbranched alkanes of at least 4 members (excludes halogenated alkanes) is 32. The molecular formula is C70H127N2O7P. The summed E-state index contributed by atoms with van der Waals surface area (Å²) in [6, 6.07) is -0.903. The molecule has 0 spiro atoms. The lowest BCUT2D eigenvalue weighted by molar-refractivity contribution is -0.870. The first-order chi connectivity index (χ1) is 38.9. The van der Waals surface area contributed by atoms with Crippen molar-refractivity contribution in [2.45, 2.75) is 309 Å². The predicted octanol–water partition coefficient (Wildman–Crippen LogP) is 20.3. The van der Waals surface area contributed by atoms with Gasteiger partial charge in [-0.1, -0.05) is 260 Å². The van der Waals surface area contributed by atoms with Crippen LogP contribution < -0.4 is 10.2 Å². The zero-order valence-corrected chi connectivity index (χ0v) is 53.9.